The molecule has 4 N–H and O–H groups in total. The van der Waals surface area contributed by atoms with Crippen LogP contribution in [0.5, 0.6) is 11.5 Å². The lowest BCUT2D eigenvalue weighted by Gasteiger charge is -2.11. The van der Waals surface area contributed by atoms with Gasteiger partial charge < -0.3 is 30.1 Å². The number of hydrogen-bond donors (Lipinski definition) is 4. The quantitative estimate of drug-likeness (QED) is 0.107. The number of benzene rings is 4. The van der Waals surface area contributed by atoms with Gasteiger partial charge in [0.05, 0.1) is 70.3 Å². The molecule has 6 aromatic rings. The molecule has 14 heteroatoms. The highest BCUT2D eigenvalue weighted by molar-refractivity contribution is 8.00. The number of rotatable bonds is 12. The van der Waals surface area contributed by atoms with Crippen LogP contribution in [0.4, 0.5) is 11.4 Å². The van der Waals surface area contributed by atoms with Gasteiger partial charge in [-0.2, -0.15) is 10.5 Å². The lowest BCUT2D eigenvalue weighted by molar-refractivity contribution is -0.114. The summed E-state index contributed by atoms with van der Waals surface area (Å²) in [6, 6.07) is 25.8. The number of nitrogens with one attached hydrogen (secondary N) is 4. The number of nitrogens with zero attached hydrogens (tertiary/aromatic N) is 4. The van der Waals surface area contributed by atoms with Crippen LogP contribution < -0.4 is 20.1 Å². The van der Waals surface area contributed by atoms with Gasteiger partial charge in [0.15, 0.2) is 10.3 Å². The second kappa shape index (κ2) is 14.9. The van der Waals surface area contributed by atoms with Gasteiger partial charge in [-0.25, -0.2) is 9.97 Å². The summed E-state index contributed by atoms with van der Waals surface area (Å²) in [5, 5.41) is 26.4. The van der Waals surface area contributed by atoms with Crippen LogP contribution in [0.2, 0.25) is 0 Å². The van der Waals surface area contributed by atoms with Gasteiger partial charge in [0, 0.05) is 12.1 Å². The van der Waals surface area contributed by atoms with Gasteiger partial charge in [-0.1, -0.05) is 35.7 Å². The number of carbonyl (C=O) groups is 2. The van der Waals surface area contributed by atoms with Crippen molar-refractivity contribution in [1.29, 1.82) is 10.5 Å². The molecule has 2 amide bonds. The van der Waals surface area contributed by atoms with Crippen molar-refractivity contribution in [3.05, 3.63) is 95.1 Å². The van der Waals surface area contributed by atoms with E-state index in [1.165, 1.54) is 23.5 Å². The minimum absolute atomic E-state index is 0.0949. The third kappa shape index (κ3) is 7.96. The van der Waals surface area contributed by atoms with Gasteiger partial charge in [0.2, 0.25) is 11.8 Å². The van der Waals surface area contributed by atoms with Crippen molar-refractivity contribution in [3.8, 4) is 23.6 Å². The van der Waals surface area contributed by atoms with Crippen LogP contribution in [0.15, 0.2) is 83.1 Å². The number of thioether (sulfide) groups is 2. The molecule has 0 spiro atoms. The van der Waals surface area contributed by atoms with Gasteiger partial charge >= 0.3 is 0 Å². The van der Waals surface area contributed by atoms with Crippen LogP contribution >= 0.6 is 23.5 Å². The van der Waals surface area contributed by atoms with Crippen molar-refractivity contribution < 1.29 is 19.1 Å². The number of aromatic nitrogens is 4. The Hall–Kier alpha value is -5.96. The SMILES string of the molecule is COc1ccc2nc(SCC(=O)Nc3ccc(Cc4ccc(NC(=O)CSc5nc6ccc(OC)cc6[nH]5)c(C#N)c4)cc3C#N)[nH]c2c1. The Bertz CT molecular complexity index is 2130. The zero-order chi connectivity index (χ0) is 34.3. The maximum Gasteiger partial charge on any atom is 0.234 e. The molecule has 0 aliphatic carbocycles. The number of amides is 2. The van der Waals surface area contributed by atoms with E-state index in [1.54, 1.807) is 38.5 Å². The molecule has 0 saturated heterocycles. The van der Waals surface area contributed by atoms with Gasteiger partial charge in [-0.15, -0.1) is 0 Å². The summed E-state index contributed by atoms with van der Waals surface area (Å²) in [5.74, 6) is 1.05. The molecule has 0 saturated carbocycles. The summed E-state index contributed by atoms with van der Waals surface area (Å²) in [4.78, 5) is 40.8. The van der Waals surface area contributed by atoms with E-state index in [1.807, 2.05) is 48.5 Å². The van der Waals surface area contributed by atoms with Crippen LogP contribution in [0.3, 0.4) is 0 Å². The highest BCUT2D eigenvalue weighted by atomic mass is 32.2. The molecule has 0 bridgehead atoms. The maximum absolute atomic E-state index is 12.7. The Balaban J connectivity index is 1.04. The first-order valence-corrected chi connectivity index (χ1v) is 16.8. The molecule has 0 fully saturated rings. The smallest absolute Gasteiger partial charge is 0.234 e. The summed E-state index contributed by atoms with van der Waals surface area (Å²) < 4.78 is 10.5. The van der Waals surface area contributed by atoms with Crippen LogP contribution in [-0.4, -0.2) is 57.5 Å². The molecule has 6 rings (SSSR count). The zero-order valence-electron chi connectivity index (χ0n) is 26.3. The van der Waals surface area contributed by atoms with Gasteiger partial charge in [0.1, 0.15) is 23.6 Å². The molecule has 0 atom stereocenters. The van der Waals surface area contributed by atoms with E-state index in [9.17, 15) is 20.1 Å². The Labute approximate surface area is 289 Å². The maximum atomic E-state index is 12.7. The second-order valence-corrected chi connectivity index (χ2v) is 12.6. The number of ether oxygens (including phenoxy) is 2. The standard InChI is InChI=1S/C35H28N8O4S2/c1-46-24-5-9-28-30(14-24)42-34(40-28)48-18-32(44)38-26-7-3-20(12-22(26)16-36)11-21-4-8-27(23(13-21)17-37)39-33(45)19-49-35-41-29-10-6-25(47-2)15-31(29)43-35/h3-10,12-15H,11,18-19H2,1-2H3,(H,38,44)(H,39,45)(H,40,42)(H,41,43). The molecule has 12 nitrogen and oxygen atoms in total. The predicted molar refractivity (Wildman–Crippen MR) is 189 cm³/mol. The zero-order valence-corrected chi connectivity index (χ0v) is 27.9. The number of carbonyl (C=O) groups excluding carboxylic acids is 2. The Morgan fingerprint density at radius 2 is 1.14 bits per heavy atom. The lowest BCUT2D eigenvalue weighted by Crippen LogP contribution is -2.15. The number of nitriles is 2. The summed E-state index contributed by atoms with van der Waals surface area (Å²) in [7, 11) is 3.19. The predicted octanol–water partition coefficient (Wildman–Crippen LogP) is 6.25. The summed E-state index contributed by atoms with van der Waals surface area (Å²) >= 11 is 2.51. The van der Waals surface area contributed by atoms with E-state index in [0.717, 1.165) is 33.2 Å². The van der Waals surface area contributed by atoms with E-state index < -0.39 is 0 Å². The van der Waals surface area contributed by atoms with E-state index >= 15 is 0 Å². The number of anilines is 2. The topological polar surface area (TPSA) is 182 Å². The van der Waals surface area contributed by atoms with Crippen LogP contribution in [0.1, 0.15) is 22.3 Å². The molecule has 0 radical (unpaired) electrons. The molecular formula is C35H28N8O4S2. The van der Waals surface area contributed by atoms with E-state index in [4.69, 9.17) is 9.47 Å². The average molecular weight is 689 g/mol. The monoisotopic (exact) mass is 688 g/mol. The van der Waals surface area contributed by atoms with E-state index in [0.29, 0.717) is 50.7 Å². The largest absolute Gasteiger partial charge is 0.497 e. The highest BCUT2D eigenvalue weighted by Gasteiger charge is 2.14. The van der Waals surface area contributed by atoms with Gasteiger partial charge in [-0.05, 0) is 66.1 Å². The van der Waals surface area contributed by atoms with Crippen molar-refractivity contribution >= 4 is 68.8 Å². The Morgan fingerprint density at radius 3 is 1.55 bits per heavy atom. The van der Waals surface area contributed by atoms with Crippen molar-refractivity contribution in [2.45, 2.75) is 16.7 Å². The number of hydrogen-bond acceptors (Lipinski definition) is 10. The highest BCUT2D eigenvalue weighted by Crippen LogP contribution is 2.26. The average Bonchev–Trinajstić information content (AvgIpc) is 3.73. The number of fused-ring (bicyclic) bond motifs is 2. The fourth-order valence-corrected chi connectivity index (χ4v) is 6.37. The third-order valence-electron chi connectivity index (χ3n) is 7.38. The molecule has 2 heterocycles. The van der Waals surface area contributed by atoms with Gasteiger partial charge in [-0.3, -0.25) is 9.59 Å². The van der Waals surface area contributed by atoms with E-state index in [-0.39, 0.29) is 23.3 Å². The first-order chi connectivity index (χ1) is 23.8. The normalized spacial score (nSPS) is 10.8. The van der Waals surface area contributed by atoms with Crippen LogP contribution in [-0.2, 0) is 16.0 Å². The van der Waals surface area contributed by atoms with Crippen molar-refractivity contribution in [2.24, 2.45) is 0 Å². The second-order valence-electron chi connectivity index (χ2n) is 10.7. The van der Waals surface area contributed by atoms with Crippen molar-refractivity contribution in [2.75, 3.05) is 36.4 Å². The molecule has 2 aromatic heterocycles. The minimum atomic E-state index is -0.278. The molecule has 244 valence electrons. The molecule has 4 aromatic carbocycles. The Morgan fingerprint density at radius 1 is 0.694 bits per heavy atom. The molecule has 49 heavy (non-hydrogen) atoms. The first kappa shape index (κ1) is 33.0. The molecule has 0 unspecified atom stereocenters. The number of methoxy groups -OCH3 is 2. The van der Waals surface area contributed by atoms with Crippen molar-refractivity contribution in [3.63, 3.8) is 0 Å². The van der Waals surface area contributed by atoms with Crippen LogP contribution in [0.25, 0.3) is 22.1 Å². The number of H-pyrrole nitrogens is 2. The summed E-state index contributed by atoms with van der Waals surface area (Å²) in [5.41, 5.74) is 6.24. The summed E-state index contributed by atoms with van der Waals surface area (Å²) in [6.07, 6.45) is 0.436. The Kier molecular flexibility index (Phi) is 9.99. The third-order valence-corrected chi connectivity index (χ3v) is 9.13. The number of aromatic amines is 2. The summed E-state index contributed by atoms with van der Waals surface area (Å²) in [6.45, 7) is 0. The number of imidazole rings is 2. The van der Waals surface area contributed by atoms with E-state index in [2.05, 4.69) is 42.7 Å². The first-order valence-electron chi connectivity index (χ1n) is 14.8. The fourth-order valence-electron chi connectivity index (χ4n) is 5.00. The fraction of sp³-hybridized carbons (Fsp3) is 0.143. The lowest BCUT2D eigenvalue weighted by atomic mass is 10.00. The van der Waals surface area contributed by atoms with Crippen LogP contribution in [0, 0.1) is 22.7 Å². The van der Waals surface area contributed by atoms with Crippen molar-refractivity contribution in [1.82, 2.24) is 19.9 Å². The minimum Gasteiger partial charge on any atom is -0.497 e. The molecule has 0 aliphatic rings. The molecule has 0 aliphatic heterocycles. The van der Waals surface area contributed by atoms with Gasteiger partial charge in [0.25, 0.3) is 0 Å². The molecular weight excluding hydrogens is 661 g/mol.